The van der Waals surface area contributed by atoms with Gasteiger partial charge in [-0.2, -0.15) is 0 Å². The molecule has 2 amide bonds. The first-order valence-corrected chi connectivity index (χ1v) is 7.63. The van der Waals surface area contributed by atoms with Crippen LogP contribution in [0.1, 0.15) is 0 Å². The number of ether oxygens (including phenoxy) is 2. The zero-order valence-electron chi connectivity index (χ0n) is 13.3. The minimum Gasteiger partial charge on any atom is -0.490 e. The van der Waals surface area contributed by atoms with Gasteiger partial charge in [0.1, 0.15) is 24.7 Å². The summed E-state index contributed by atoms with van der Waals surface area (Å²) in [5.41, 5.74) is 12.6. The molecule has 0 saturated carbocycles. The Morgan fingerprint density at radius 1 is 0.792 bits per heavy atom. The highest BCUT2D eigenvalue weighted by Crippen LogP contribution is 2.19. The molecule has 0 unspecified atom stereocenters. The molecule has 0 spiro atoms. The lowest BCUT2D eigenvalue weighted by Crippen LogP contribution is -2.39. The van der Waals surface area contributed by atoms with Crippen LogP contribution in [0.5, 0.6) is 11.5 Å². The van der Waals surface area contributed by atoms with Crippen molar-refractivity contribution in [2.45, 2.75) is 0 Å². The van der Waals surface area contributed by atoms with E-state index in [0.29, 0.717) is 49.2 Å². The lowest BCUT2D eigenvalue weighted by molar-refractivity contribution is 0.232. The van der Waals surface area contributed by atoms with Crippen LogP contribution in [0.2, 0.25) is 0 Å². The summed E-state index contributed by atoms with van der Waals surface area (Å²) in [5.74, 6) is 1.21. The minimum absolute atomic E-state index is 0.288. The third kappa shape index (κ3) is 5.60. The molecule has 6 N–H and O–H groups in total. The first-order chi connectivity index (χ1) is 11.7. The minimum atomic E-state index is -0.288. The van der Waals surface area contributed by atoms with E-state index in [1.807, 2.05) is 24.3 Å². The molecule has 0 atom stereocenters. The molecule has 0 aliphatic rings. The molecule has 0 fully saturated rings. The summed E-state index contributed by atoms with van der Waals surface area (Å²) in [5, 5.41) is 5.37. The molecule has 2 aromatic carbocycles. The Hall–Kier alpha value is -3.09. The van der Waals surface area contributed by atoms with Crippen molar-refractivity contribution in [1.29, 1.82) is 0 Å². The van der Waals surface area contributed by atoms with Crippen molar-refractivity contribution in [3.8, 4) is 11.5 Å². The summed E-state index contributed by atoms with van der Waals surface area (Å²) in [4.78, 5) is 11.6. The second-order valence-electron chi connectivity index (χ2n) is 4.96. The fourth-order valence-electron chi connectivity index (χ4n) is 1.94. The summed E-state index contributed by atoms with van der Waals surface area (Å²) < 4.78 is 11.0. The summed E-state index contributed by atoms with van der Waals surface area (Å²) in [6, 6.07) is 14.1. The molecular weight excluding hydrogens is 308 g/mol. The van der Waals surface area contributed by atoms with Crippen molar-refractivity contribution < 1.29 is 14.3 Å². The second kappa shape index (κ2) is 9.14. The smallest absolute Gasteiger partial charge is 0.315 e. The summed E-state index contributed by atoms with van der Waals surface area (Å²) in [7, 11) is 0. The lowest BCUT2D eigenvalue weighted by Gasteiger charge is -2.11. The number of hydrogen-bond donors (Lipinski definition) is 4. The molecule has 0 radical (unpaired) electrons. The van der Waals surface area contributed by atoms with Gasteiger partial charge in [-0.3, -0.25) is 0 Å². The van der Waals surface area contributed by atoms with Gasteiger partial charge in [-0.15, -0.1) is 0 Å². The second-order valence-corrected chi connectivity index (χ2v) is 4.96. The van der Waals surface area contributed by atoms with E-state index in [4.69, 9.17) is 20.9 Å². The fraction of sp³-hybridized carbons (Fsp3) is 0.235. The number of hydrogen-bond acceptors (Lipinski definition) is 5. The van der Waals surface area contributed by atoms with Crippen LogP contribution < -0.4 is 31.6 Å². The van der Waals surface area contributed by atoms with Crippen LogP contribution in [0.25, 0.3) is 0 Å². The highest BCUT2D eigenvalue weighted by atomic mass is 16.5. The van der Waals surface area contributed by atoms with Crippen LogP contribution in [0.3, 0.4) is 0 Å². The monoisotopic (exact) mass is 330 g/mol. The molecule has 7 heteroatoms. The summed E-state index contributed by atoms with van der Waals surface area (Å²) >= 11 is 0. The molecular formula is C17H22N4O3. The lowest BCUT2D eigenvalue weighted by atomic mass is 10.3. The zero-order chi connectivity index (χ0) is 17.2. The first kappa shape index (κ1) is 17.3. The van der Waals surface area contributed by atoms with Gasteiger partial charge in [0.2, 0.25) is 0 Å². The number of para-hydroxylation sites is 4. The van der Waals surface area contributed by atoms with Gasteiger partial charge in [0.05, 0.1) is 24.5 Å². The van der Waals surface area contributed by atoms with Crippen molar-refractivity contribution in [3.05, 3.63) is 48.5 Å². The Labute approximate surface area is 140 Å². The first-order valence-electron chi connectivity index (χ1n) is 7.63. The van der Waals surface area contributed by atoms with Gasteiger partial charge >= 0.3 is 6.03 Å². The van der Waals surface area contributed by atoms with E-state index in [9.17, 15) is 4.79 Å². The standard InChI is InChI=1S/C17H22N4O3/c18-13-5-1-3-7-15(13)23-11-9-20-17(22)21-10-12-24-16-8-4-2-6-14(16)19/h1-8H,9-12,18-19H2,(H2,20,21,22). The van der Waals surface area contributed by atoms with Crippen LogP contribution in [0.15, 0.2) is 48.5 Å². The van der Waals surface area contributed by atoms with Crippen LogP contribution in [-0.4, -0.2) is 32.3 Å². The molecule has 2 rings (SSSR count). The normalized spacial score (nSPS) is 10.0. The largest absolute Gasteiger partial charge is 0.490 e. The van der Waals surface area contributed by atoms with Crippen LogP contribution in [0.4, 0.5) is 16.2 Å². The zero-order valence-corrected chi connectivity index (χ0v) is 13.3. The van der Waals surface area contributed by atoms with Crippen molar-refractivity contribution in [3.63, 3.8) is 0 Å². The van der Waals surface area contributed by atoms with E-state index in [1.165, 1.54) is 0 Å². The average molecular weight is 330 g/mol. The number of nitrogen functional groups attached to an aromatic ring is 2. The number of rotatable bonds is 8. The maximum absolute atomic E-state index is 11.6. The van der Waals surface area contributed by atoms with Gasteiger partial charge in [0.25, 0.3) is 0 Å². The quantitative estimate of drug-likeness (QED) is 0.434. The van der Waals surface area contributed by atoms with Gasteiger partial charge in [-0.25, -0.2) is 4.79 Å². The number of carbonyl (C=O) groups excluding carboxylic acids is 1. The van der Waals surface area contributed by atoms with E-state index < -0.39 is 0 Å². The fourth-order valence-corrected chi connectivity index (χ4v) is 1.94. The third-order valence-corrected chi connectivity index (χ3v) is 3.13. The van der Waals surface area contributed by atoms with Crippen molar-refractivity contribution in [2.24, 2.45) is 0 Å². The van der Waals surface area contributed by atoms with Crippen molar-refractivity contribution in [2.75, 3.05) is 37.8 Å². The molecule has 0 aromatic heterocycles. The van der Waals surface area contributed by atoms with E-state index in [1.54, 1.807) is 24.3 Å². The number of benzene rings is 2. The predicted molar refractivity (Wildman–Crippen MR) is 94.1 cm³/mol. The van der Waals surface area contributed by atoms with E-state index >= 15 is 0 Å². The van der Waals surface area contributed by atoms with Crippen LogP contribution in [-0.2, 0) is 0 Å². The molecule has 0 bridgehead atoms. The number of nitrogens with two attached hydrogens (primary N) is 2. The highest BCUT2D eigenvalue weighted by Gasteiger charge is 2.02. The number of nitrogens with one attached hydrogen (secondary N) is 2. The van der Waals surface area contributed by atoms with Gasteiger partial charge in [0.15, 0.2) is 0 Å². The van der Waals surface area contributed by atoms with Gasteiger partial charge < -0.3 is 31.6 Å². The average Bonchev–Trinajstić information content (AvgIpc) is 2.58. The Morgan fingerprint density at radius 2 is 1.21 bits per heavy atom. The summed E-state index contributed by atoms with van der Waals surface area (Å²) in [6.07, 6.45) is 0. The molecule has 0 aliphatic heterocycles. The molecule has 0 saturated heterocycles. The van der Waals surface area contributed by atoms with Gasteiger partial charge in [0, 0.05) is 0 Å². The Morgan fingerprint density at radius 3 is 1.62 bits per heavy atom. The molecule has 128 valence electrons. The molecule has 24 heavy (non-hydrogen) atoms. The maximum Gasteiger partial charge on any atom is 0.315 e. The maximum atomic E-state index is 11.6. The predicted octanol–water partition coefficient (Wildman–Crippen LogP) is 1.61. The van der Waals surface area contributed by atoms with Crippen LogP contribution in [0, 0.1) is 0 Å². The van der Waals surface area contributed by atoms with Gasteiger partial charge in [-0.05, 0) is 24.3 Å². The number of anilines is 2. The van der Waals surface area contributed by atoms with Crippen molar-refractivity contribution in [1.82, 2.24) is 10.6 Å². The molecule has 0 heterocycles. The van der Waals surface area contributed by atoms with Gasteiger partial charge in [-0.1, -0.05) is 24.3 Å². The molecule has 0 aliphatic carbocycles. The third-order valence-electron chi connectivity index (χ3n) is 3.13. The van der Waals surface area contributed by atoms with E-state index in [0.717, 1.165) is 0 Å². The molecule has 2 aromatic rings. The van der Waals surface area contributed by atoms with Crippen LogP contribution >= 0.6 is 0 Å². The summed E-state index contributed by atoms with van der Waals surface area (Å²) in [6.45, 7) is 1.40. The SMILES string of the molecule is Nc1ccccc1OCCNC(=O)NCCOc1ccccc1N. The highest BCUT2D eigenvalue weighted by molar-refractivity contribution is 5.73. The number of carbonyl (C=O) groups is 1. The Kier molecular flexibility index (Phi) is 6.58. The van der Waals surface area contributed by atoms with Crippen molar-refractivity contribution >= 4 is 17.4 Å². The van der Waals surface area contributed by atoms with E-state index in [2.05, 4.69) is 10.6 Å². The topological polar surface area (TPSA) is 112 Å². The van der Waals surface area contributed by atoms with E-state index in [-0.39, 0.29) is 6.03 Å². The number of urea groups is 1. The Bertz CT molecular complexity index is 608. The number of amides is 2. The Balaban J connectivity index is 1.55. The molecule has 7 nitrogen and oxygen atoms in total.